The van der Waals surface area contributed by atoms with Crippen LogP contribution in [-0.2, 0) is 21.7 Å². The van der Waals surface area contributed by atoms with Gasteiger partial charge < -0.3 is 9.35 Å². The van der Waals surface area contributed by atoms with Crippen molar-refractivity contribution < 1.29 is 18.1 Å². The van der Waals surface area contributed by atoms with Gasteiger partial charge in [-0.1, -0.05) is 0 Å². The van der Waals surface area contributed by atoms with Crippen LogP contribution in [0, 0.1) is 5.82 Å². The van der Waals surface area contributed by atoms with Crippen molar-refractivity contribution in [3.05, 3.63) is 28.2 Å². The molecule has 1 aromatic rings. The zero-order chi connectivity index (χ0) is 16.3. The number of pyridine rings is 1. The highest BCUT2D eigenvalue weighted by Crippen LogP contribution is 2.30. The lowest BCUT2D eigenvalue weighted by atomic mass is 9.93. The fourth-order valence-corrected chi connectivity index (χ4v) is 2.76. The van der Waals surface area contributed by atoms with Crippen molar-refractivity contribution in [2.75, 3.05) is 6.67 Å². The SMILES string of the molecule is CC(C)(C)[S@@+]([O-])N[C@@](CF)(CC=O)c1nc(Br)ccc1F. The van der Waals surface area contributed by atoms with Gasteiger partial charge in [0.2, 0.25) is 0 Å². The Bertz CT molecular complexity index is 513. The summed E-state index contributed by atoms with van der Waals surface area (Å²) in [6.07, 6.45) is 0.0696. The van der Waals surface area contributed by atoms with E-state index >= 15 is 0 Å². The first kappa shape index (κ1) is 18.5. The molecule has 0 bridgehead atoms. The molecular formula is C13H17BrF2N2O2S. The second-order valence-corrected chi connectivity index (χ2v) is 8.31. The molecule has 0 saturated carbocycles. The summed E-state index contributed by atoms with van der Waals surface area (Å²) in [4.78, 5) is 14.8. The monoisotopic (exact) mass is 382 g/mol. The normalized spacial score (nSPS) is 16.3. The molecule has 0 aliphatic heterocycles. The molecule has 1 heterocycles. The predicted octanol–water partition coefficient (Wildman–Crippen LogP) is 2.79. The fourth-order valence-electron chi connectivity index (χ4n) is 1.56. The Morgan fingerprint density at radius 1 is 1.48 bits per heavy atom. The van der Waals surface area contributed by atoms with Crippen molar-refractivity contribution in [1.29, 1.82) is 0 Å². The quantitative estimate of drug-likeness (QED) is 0.466. The highest BCUT2D eigenvalue weighted by Gasteiger charge is 2.43. The van der Waals surface area contributed by atoms with Gasteiger partial charge in [-0.3, -0.25) is 0 Å². The van der Waals surface area contributed by atoms with Crippen molar-refractivity contribution >= 4 is 33.6 Å². The van der Waals surface area contributed by atoms with E-state index in [9.17, 15) is 18.1 Å². The standard InChI is InChI=1S/C13H17BrF2N2O2S/c1-12(2,3)21(20)18-13(8-15,6-7-19)11-9(16)4-5-10(14)17-11/h4-5,7,18H,6,8H2,1-3H3/t13-,21-/m1/s1. The molecule has 0 spiro atoms. The van der Waals surface area contributed by atoms with Crippen molar-refractivity contribution in [2.45, 2.75) is 37.5 Å². The number of aromatic nitrogens is 1. The van der Waals surface area contributed by atoms with Crippen molar-refractivity contribution in [1.82, 2.24) is 9.71 Å². The first-order valence-corrected chi connectivity index (χ1v) is 8.12. The van der Waals surface area contributed by atoms with Crippen LogP contribution in [0.2, 0.25) is 0 Å². The Morgan fingerprint density at radius 3 is 2.57 bits per heavy atom. The van der Waals surface area contributed by atoms with E-state index < -0.39 is 34.1 Å². The summed E-state index contributed by atoms with van der Waals surface area (Å²) in [6, 6.07) is 2.48. The van der Waals surface area contributed by atoms with Gasteiger partial charge in [0.25, 0.3) is 0 Å². The molecule has 0 aliphatic rings. The number of alkyl halides is 1. The van der Waals surface area contributed by atoms with Gasteiger partial charge in [-0.25, -0.2) is 13.8 Å². The molecule has 0 saturated heterocycles. The van der Waals surface area contributed by atoms with Crippen molar-refractivity contribution in [3.63, 3.8) is 0 Å². The summed E-state index contributed by atoms with van der Waals surface area (Å²) >= 11 is 1.39. The predicted molar refractivity (Wildman–Crippen MR) is 81.3 cm³/mol. The number of hydrogen-bond donors (Lipinski definition) is 1. The van der Waals surface area contributed by atoms with Gasteiger partial charge >= 0.3 is 0 Å². The topological polar surface area (TPSA) is 65.0 Å². The van der Waals surface area contributed by atoms with Crippen LogP contribution in [0.1, 0.15) is 32.9 Å². The number of nitrogens with zero attached hydrogens (tertiary/aromatic N) is 1. The lowest BCUT2D eigenvalue weighted by Crippen LogP contribution is -2.53. The third kappa shape index (κ3) is 4.45. The molecule has 4 nitrogen and oxygen atoms in total. The van der Waals surface area contributed by atoms with Crippen LogP contribution in [0.5, 0.6) is 0 Å². The number of rotatable bonds is 6. The molecule has 1 aromatic heterocycles. The Balaban J connectivity index is 3.32. The van der Waals surface area contributed by atoms with Crippen LogP contribution in [0.3, 0.4) is 0 Å². The average Bonchev–Trinajstić information content (AvgIpc) is 2.39. The zero-order valence-electron chi connectivity index (χ0n) is 12.0. The third-order valence-corrected chi connectivity index (χ3v) is 4.90. The van der Waals surface area contributed by atoms with Crippen LogP contribution >= 0.6 is 15.9 Å². The van der Waals surface area contributed by atoms with Crippen LogP contribution in [0.15, 0.2) is 16.7 Å². The molecule has 0 aliphatic carbocycles. The molecular weight excluding hydrogens is 366 g/mol. The van der Waals surface area contributed by atoms with Gasteiger partial charge in [0, 0.05) is 17.8 Å². The Labute approximate surface area is 134 Å². The van der Waals surface area contributed by atoms with E-state index in [1.165, 1.54) is 6.07 Å². The summed E-state index contributed by atoms with van der Waals surface area (Å²) in [5.74, 6) is -0.767. The van der Waals surface area contributed by atoms with Crippen molar-refractivity contribution in [2.24, 2.45) is 0 Å². The van der Waals surface area contributed by atoms with E-state index in [0.717, 1.165) is 6.07 Å². The molecule has 118 valence electrons. The van der Waals surface area contributed by atoms with Crippen molar-refractivity contribution in [3.8, 4) is 0 Å². The Hall–Kier alpha value is -0.570. The number of halogens is 3. The Morgan fingerprint density at radius 2 is 2.10 bits per heavy atom. The summed E-state index contributed by atoms with van der Waals surface area (Å²) in [5, 5.41) is 0. The molecule has 8 heteroatoms. The van der Waals surface area contributed by atoms with E-state index in [2.05, 4.69) is 25.6 Å². The molecule has 21 heavy (non-hydrogen) atoms. The maximum Gasteiger partial charge on any atom is 0.147 e. The zero-order valence-corrected chi connectivity index (χ0v) is 14.4. The summed E-state index contributed by atoms with van der Waals surface area (Å²) in [5.41, 5.74) is -2.03. The molecule has 2 atom stereocenters. The van der Waals surface area contributed by atoms with Gasteiger partial charge in [-0.2, -0.15) is 0 Å². The van der Waals surface area contributed by atoms with Crippen LogP contribution in [0.4, 0.5) is 8.78 Å². The maximum absolute atomic E-state index is 14.0. The summed E-state index contributed by atoms with van der Waals surface area (Å²) in [7, 11) is 0. The van der Waals surface area contributed by atoms with Gasteiger partial charge in [-0.15, -0.1) is 4.72 Å². The second-order valence-electron chi connectivity index (χ2n) is 5.53. The molecule has 0 aromatic carbocycles. The molecule has 1 rings (SSSR count). The van der Waals surface area contributed by atoms with Gasteiger partial charge in [0.1, 0.15) is 39.4 Å². The number of carbonyl (C=O) groups excluding carboxylic acids is 1. The van der Waals surface area contributed by atoms with Crippen LogP contribution in [0.25, 0.3) is 0 Å². The molecule has 0 radical (unpaired) electrons. The minimum absolute atomic E-state index is 0.274. The van der Waals surface area contributed by atoms with E-state index in [1.54, 1.807) is 20.8 Å². The smallest absolute Gasteiger partial charge is 0.147 e. The van der Waals surface area contributed by atoms with E-state index in [-0.39, 0.29) is 12.1 Å². The first-order chi connectivity index (χ1) is 9.66. The number of hydrogen-bond acceptors (Lipinski definition) is 4. The lowest BCUT2D eigenvalue weighted by Gasteiger charge is -2.34. The third-order valence-electron chi connectivity index (χ3n) is 2.77. The second kappa shape index (κ2) is 7.13. The van der Waals surface area contributed by atoms with Crippen LogP contribution in [-0.4, -0.2) is 27.2 Å². The van der Waals surface area contributed by atoms with E-state index in [1.807, 2.05) is 0 Å². The Kier molecular flexibility index (Phi) is 6.27. The van der Waals surface area contributed by atoms with E-state index in [0.29, 0.717) is 10.9 Å². The molecule has 0 fully saturated rings. The minimum atomic E-state index is -1.76. The number of aldehydes is 1. The molecule has 0 amide bonds. The minimum Gasteiger partial charge on any atom is -0.598 e. The van der Waals surface area contributed by atoms with Gasteiger partial charge in [0.05, 0.1) is 0 Å². The number of nitrogens with one attached hydrogen (secondary N) is 1. The molecule has 0 unspecified atom stereocenters. The fraction of sp³-hybridized carbons (Fsp3) is 0.538. The first-order valence-electron chi connectivity index (χ1n) is 6.18. The largest absolute Gasteiger partial charge is 0.598 e. The maximum atomic E-state index is 14.0. The highest BCUT2D eigenvalue weighted by atomic mass is 79.9. The van der Waals surface area contributed by atoms with Gasteiger partial charge in [0.15, 0.2) is 0 Å². The average molecular weight is 383 g/mol. The van der Waals surface area contributed by atoms with Gasteiger partial charge in [-0.05, 0) is 48.8 Å². The van der Waals surface area contributed by atoms with E-state index in [4.69, 9.17) is 0 Å². The highest BCUT2D eigenvalue weighted by molar-refractivity contribution is 9.10. The summed E-state index contributed by atoms with van der Waals surface area (Å²) in [6.45, 7) is 3.94. The molecule has 1 N–H and O–H groups in total. The lowest BCUT2D eigenvalue weighted by molar-refractivity contribution is -0.109. The van der Waals surface area contributed by atoms with Crippen LogP contribution < -0.4 is 4.72 Å². The summed E-state index contributed by atoms with van der Waals surface area (Å²) < 4.78 is 42.1. The number of carbonyl (C=O) groups is 1.